The molecule has 1 aromatic heterocycles. The first-order valence-corrected chi connectivity index (χ1v) is 4.07. The summed E-state index contributed by atoms with van der Waals surface area (Å²) in [5, 5.41) is 26.4. The lowest BCUT2D eigenvalue weighted by molar-refractivity contribution is -0.146. The van der Waals surface area contributed by atoms with E-state index in [1.807, 2.05) is 0 Å². The van der Waals surface area contributed by atoms with Crippen molar-refractivity contribution >= 4 is 11.9 Å². The summed E-state index contributed by atoms with van der Waals surface area (Å²) in [6.45, 7) is -0.351. The van der Waals surface area contributed by atoms with Crippen molar-refractivity contribution in [2.75, 3.05) is 6.54 Å². The molecule has 1 rings (SSSR count). The summed E-state index contributed by atoms with van der Waals surface area (Å²) in [6.07, 6.45) is 0.967. The van der Waals surface area contributed by atoms with Crippen LogP contribution < -0.4 is 5.32 Å². The van der Waals surface area contributed by atoms with Gasteiger partial charge in [-0.25, -0.2) is 4.79 Å². The van der Waals surface area contributed by atoms with Crippen molar-refractivity contribution in [3.05, 3.63) is 24.0 Å². The van der Waals surface area contributed by atoms with Gasteiger partial charge in [-0.2, -0.15) is 10.2 Å². The molecule has 1 heterocycles. The predicted octanol–water partition coefficient (Wildman–Crippen LogP) is -1.35. The highest BCUT2D eigenvalue weighted by molar-refractivity contribution is 5.94. The quantitative estimate of drug-likeness (QED) is 0.567. The van der Waals surface area contributed by atoms with Crippen molar-refractivity contribution in [3.8, 4) is 0 Å². The van der Waals surface area contributed by atoms with Gasteiger partial charge in [0.15, 0.2) is 6.10 Å². The summed E-state index contributed by atoms with van der Waals surface area (Å²) in [5.41, 5.74) is 0.252. The molecule has 80 valence electrons. The van der Waals surface area contributed by atoms with Crippen LogP contribution in [-0.4, -0.2) is 44.9 Å². The summed E-state index contributed by atoms with van der Waals surface area (Å²) < 4.78 is 0. The molecule has 0 radical (unpaired) electrons. The summed E-state index contributed by atoms with van der Waals surface area (Å²) in [4.78, 5) is 21.5. The van der Waals surface area contributed by atoms with E-state index >= 15 is 0 Å². The minimum atomic E-state index is -1.61. The lowest BCUT2D eigenvalue weighted by Gasteiger charge is -2.06. The standard InChI is InChI=1S/C8H9N3O4/c12-6(8(14)15)4-9-7(13)5-1-2-10-11-3-5/h1-3,6,12H,4H2,(H,9,13)(H,14,15). The van der Waals surface area contributed by atoms with Crippen LogP contribution >= 0.6 is 0 Å². The zero-order valence-corrected chi connectivity index (χ0v) is 7.62. The van der Waals surface area contributed by atoms with Crippen LogP contribution in [0.4, 0.5) is 0 Å². The monoisotopic (exact) mass is 211 g/mol. The lowest BCUT2D eigenvalue weighted by Crippen LogP contribution is -2.36. The maximum Gasteiger partial charge on any atom is 0.334 e. The molecular weight excluding hydrogens is 202 g/mol. The highest BCUT2D eigenvalue weighted by Gasteiger charge is 2.14. The number of aliphatic hydroxyl groups excluding tert-OH is 1. The maximum atomic E-state index is 11.3. The van der Waals surface area contributed by atoms with E-state index in [2.05, 4.69) is 15.5 Å². The molecule has 1 aromatic rings. The number of nitrogens with one attached hydrogen (secondary N) is 1. The van der Waals surface area contributed by atoms with Crippen molar-refractivity contribution in [1.29, 1.82) is 0 Å². The van der Waals surface area contributed by atoms with Gasteiger partial charge < -0.3 is 15.5 Å². The molecule has 0 bridgehead atoms. The van der Waals surface area contributed by atoms with Gasteiger partial charge in [-0.05, 0) is 6.07 Å². The molecule has 1 amide bonds. The van der Waals surface area contributed by atoms with Crippen molar-refractivity contribution in [2.24, 2.45) is 0 Å². The van der Waals surface area contributed by atoms with Crippen molar-refractivity contribution in [3.63, 3.8) is 0 Å². The van der Waals surface area contributed by atoms with Gasteiger partial charge in [0, 0.05) is 0 Å². The van der Waals surface area contributed by atoms with Gasteiger partial charge in [0.2, 0.25) is 0 Å². The molecule has 0 saturated carbocycles. The van der Waals surface area contributed by atoms with E-state index in [1.165, 1.54) is 18.5 Å². The summed E-state index contributed by atoms with van der Waals surface area (Å²) in [6, 6.07) is 1.43. The Balaban J connectivity index is 2.47. The van der Waals surface area contributed by atoms with Gasteiger partial charge in [-0.1, -0.05) is 0 Å². The van der Waals surface area contributed by atoms with Crippen LogP contribution in [0.2, 0.25) is 0 Å². The molecule has 0 spiro atoms. The Morgan fingerprint density at radius 1 is 1.47 bits per heavy atom. The number of nitrogens with zero attached hydrogens (tertiary/aromatic N) is 2. The lowest BCUT2D eigenvalue weighted by atomic mass is 10.3. The molecule has 1 unspecified atom stereocenters. The Morgan fingerprint density at radius 2 is 2.20 bits per heavy atom. The molecule has 0 aliphatic heterocycles. The summed E-state index contributed by atoms with van der Waals surface area (Å²) in [5.74, 6) is -1.90. The van der Waals surface area contributed by atoms with Crippen molar-refractivity contribution < 1.29 is 19.8 Å². The fraction of sp³-hybridized carbons (Fsp3) is 0.250. The SMILES string of the molecule is O=C(NCC(O)C(=O)O)c1ccnnc1. The second kappa shape index (κ2) is 5.01. The second-order valence-electron chi connectivity index (χ2n) is 2.70. The van der Waals surface area contributed by atoms with E-state index in [9.17, 15) is 9.59 Å². The minimum Gasteiger partial charge on any atom is -0.479 e. The van der Waals surface area contributed by atoms with Crippen LogP contribution in [0.25, 0.3) is 0 Å². The highest BCUT2D eigenvalue weighted by atomic mass is 16.4. The first-order valence-electron chi connectivity index (χ1n) is 4.07. The zero-order chi connectivity index (χ0) is 11.3. The number of carbonyl (C=O) groups is 2. The second-order valence-corrected chi connectivity index (χ2v) is 2.70. The van der Waals surface area contributed by atoms with Crippen LogP contribution in [0.3, 0.4) is 0 Å². The maximum absolute atomic E-state index is 11.3. The van der Waals surface area contributed by atoms with E-state index in [1.54, 1.807) is 0 Å². The van der Waals surface area contributed by atoms with Gasteiger partial charge in [0.25, 0.3) is 5.91 Å². The van der Waals surface area contributed by atoms with Gasteiger partial charge in [-0.3, -0.25) is 4.79 Å². The Hall–Kier alpha value is -2.02. The van der Waals surface area contributed by atoms with E-state index in [0.717, 1.165) is 0 Å². The Morgan fingerprint density at radius 3 is 2.73 bits per heavy atom. The molecule has 1 atom stereocenters. The third kappa shape index (κ3) is 3.31. The number of amides is 1. The molecule has 0 aromatic carbocycles. The number of hydrogen-bond acceptors (Lipinski definition) is 5. The van der Waals surface area contributed by atoms with E-state index in [4.69, 9.17) is 10.2 Å². The van der Waals surface area contributed by atoms with Crippen LogP contribution in [0, 0.1) is 0 Å². The van der Waals surface area contributed by atoms with E-state index in [-0.39, 0.29) is 12.1 Å². The van der Waals surface area contributed by atoms with Crippen LogP contribution in [-0.2, 0) is 4.79 Å². The Bertz CT molecular complexity index is 354. The molecular formula is C8H9N3O4. The normalized spacial score (nSPS) is 11.8. The minimum absolute atomic E-state index is 0.252. The predicted molar refractivity (Wildman–Crippen MR) is 48.0 cm³/mol. The molecule has 0 aliphatic carbocycles. The molecule has 7 heteroatoms. The highest BCUT2D eigenvalue weighted by Crippen LogP contribution is 1.93. The number of rotatable bonds is 4. The molecule has 7 nitrogen and oxygen atoms in total. The average Bonchev–Trinajstić information content (AvgIpc) is 2.26. The molecule has 15 heavy (non-hydrogen) atoms. The summed E-state index contributed by atoms with van der Waals surface area (Å²) in [7, 11) is 0. The van der Waals surface area contributed by atoms with Gasteiger partial charge in [0.1, 0.15) is 0 Å². The van der Waals surface area contributed by atoms with Crippen molar-refractivity contribution in [2.45, 2.75) is 6.10 Å². The van der Waals surface area contributed by atoms with E-state index in [0.29, 0.717) is 0 Å². The number of aromatic nitrogens is 2. The van der Waals surface area contributed by atoms with Crippen LogP contribution in [0.1, 0.15) is 10.4 Å². The smallest absolute Gasteiger partial charge is 0.334 e. The van der Waals surface area contributed by atoms with Gasteiger partial charge >= 0.3 is 5.97 Å². The number of carboxylic acid groups (broad SMARTS) is 1. The largest absolute Gasteiger partial charge is 0.479 e. The number of aliphatic hydroxyl groups is 1. The first kappa shape index (κ1) is 11.1. The third-order valence-corrected chi connectivity index (χ3v) is 1.59. The Labute approximate surface area is 84.8 Å². The van der Waals surface area contributed by atoms with Crippen molar-refractivity contribution in [1.82, 2.24) is 15.5 Å². The number of carbonyl (C=O) groups excluding carboxylic acids is 1. The number of hydrogen-bond donors (Lipinski definition) is 3. The fourth-order valence-electron chi connectivity index (χ4n) is 0.804. The fourth-order valence-corrected chi connectivity index (χ4v) is 0.804. The number of carboxylic acids is 1. The first-order chi connectivity index (χ1) is 7.11. The van der Waals surface area contributed by atoms with Crippen LogP contribution in [0.15, 0.2) is 18.5 Å². The average molecular weight is 211 g/mol. The topological polar surface area (TPSA) is 112 Å². The van der Waals surface area contributed by atoms with Gasteiger partial charge in [0.05, 0.1) is 24.5 Å². The molecule has 3 N–H and O–H groups in total. The Kier molecular flexibility index (Phi) is 3.69. The summed E-state index contributed by atoms with van der Waals surface area (Å²) >= 11 is 0. The molecule has 0 fully saturated rings. The zero-order valence-electron chi connectivity index (χ0n) is 7.62. The van der Waals surface area contributed by atoms with Gasteiger partial charge in [-0.15, -0.1) is 0 Å². The van der Waals surface area contributed by atoms with Crippen LogP contribution in [0.5, 0.6) is 0 Å². The molecule has 0 saturated heterocycles. The number of aliphatic carboxylic acids is 1. The third-order valence-electron chi connectivity index (χ3n) is 1.59. The molecule has 0 aliphatic rings. The van der Waals surface area contributed by atoms with E-state index < -0.39 is 18.0 Å².